The van der Waals surface area contributed by atoms with Crippen molar-refractivity contribution in [3.8, 4) is 55.6 Å². The van der Waals surface area contributed by atoms with Crippen LogP contribution in [0.5, 0.6) is 0 Å². The summed E-state index contributed by atoms with van der Waals surface area (Å²) in [5, 5.41) is 7.28. The van der Waals surface area contributed by atoms with Gasteiger partial charge in [0.15, 0.2) is 0 Å². The second-order valence-electron chi connectivity index (χ2n) is 16.4. The predicted molar refractivity (Wildman–Crippen MR) is 271 cm³/mol. The van der Waals surface area contributed by atoms with Gasteiger partial charge in [-0.25, -0.2) is 0 Å². The molecule has 0 bridgehead atoms. The van der Waals surface area contributed by atoms with Crippen LogP contribution in [0.4, 0.5) is 17.1 Å². The smallest absolute Gasteiger partial charge is 0.135 e. The molecule has 12 rings (SSSR count). The van der Waals surface area contributed by atoms with Crippen LogP contribution in [0.3, 0.4) is 0 Å². The van der Waals surface area contributed by atoms with Crippen LogP contribution < -0.4 is 4.90 Å². The molecule has 0 aliphatic carbocycles. The summed E-state index contributed by atoms with van der Waals surface area (Å²) in [6, 6.07) is 89.8. The zero-order chi connectivity index (χ0) is 42.4. The monoisotopic (exact) mass is 815 g/mol. The Kier molecular flexibility index (Phi) is 9.20. The average molecular weight is 816 g/mol. The number of furan rings is 1. The molecule has 11 aromatic carbocycles. The number of benzene rings is 11. The molecule has 0 unspecified atom stereocenters. The van der Waals surface area contributed by atoms with Crippen LogP contribution in [-0.4, -0.2) is 0 Å². The molecule has 0 saturated heterocycles. The largest absolute Gasteiger partial charge is 0.456 e. The van der Waals surface area contributed by atoms with E-state index in [1.807, 2.05) is 12.1 Å². The molecule has 0 atom stereocenters. The Balaban J connectivity index is 1.01. The van der Waals surface area contributed by atoms with Gasteiger partial charge < -0.3 is 9.32 Å². The summed E-state index contributed by atoms with van der Waals surface area (Å²) in [7, 11) is 0. The zero-order valence-corrected chi connectivity index (χ0v) is 35.0. The van der Waals surface area contributed by atoms with Crippen LogP contribution in [0, 0.1) is 0 Å². The summed E-state index contributed by atoms with van der Waals surface area (Å²) >= 11 is 0. The minimum absolute atomic E-state index is 0.899. The van der Waals surface area contributed by atoms with Gasteiger partial charge in [0.05, 0.1) is 5.69 Å². The number of rotatable bonds is 8. The van der Waals surface area contributed by atoms with Crippen LogP contribution in [0.1, 0.15) is 0 Å². The molecule has 12 aromatic rings. The molecule has 0 fully saturated rings. The second-order valence-corrected chi connectivity index (χ2v) is 16.4. The highest BCUT2D eigenvalue weighted by Gasteiger charge is 2.21. The molecule has 1 heterocycles. The Labute approximate surface area is 372 Å². The van der Waals surface area contributed by atoms with E-state index in [-0.39, 0.29) is 0 Å². The first-order valence-corrected chi connectivity index (χ1v) is 21.9. The highest BCUT2D eigenvalue weighted by molar-refractivity contribution is 6.14. The molecule has 2 nitrogen and oxygen atoms in total. The van der Waals surface area contributed by atoms with E-state index in [1.165, 1.54) is 60.5 Å². The minimum Gasteiger partial charge on any atom is -0.456 e. The van der Waals surface area contributed by atoms with Crippen molar-refractivity contribution in [3.63, 3.8) is 0 Å². The van der Waals surface area contributed by atoms with E-state index in [1.54, 1.807) is 0 Å². The molecule has 300 valence electrons. The first-order valence-electron chi connectivity index (χ1n) is 21.9. The zero-order valence-electron chi connectivity index (χ0n) is 35.0. The van der Waals surface area contributed by atoms with Crippen molar-refractivity contribution in [3.05, 3.63) is 249 Å². The number of anilines is 3. The molecule has 0 aliphatic heterocycles. The molecule has 0 saturated carbocycles. The Hall–Kier alpha value is -8.46. The van der Waals surface area contributed by atoms with E-state index in [2.05, 4.69) is 241 Å². The van der Waals surface area contributed by atoms with E-state index in [9.17, 15) is 0 Å². The van der Waals surface area contributed by atoms with Crippen molar-refractivity contribution < 1.29 is 4.42 Å². The number of hydrogen-bond donors (Lipinski definition) is 0. The standard InChI is InChI=1S/C62H41NO/c1-2-16-43(17-3-1)49-19-6-7-21-51(49)53-23-9-10-24-54(53)56-26-12-14-28-60(56)63(47-35-30-42(31-36-47)45-34-39-62-59(40-45)57-27-13-15-29-61(57)64-62)48-37-32-44(33-38-48)58-41-46-18-4-5-20-50(46)52-22-8-11-25-55(52)58/h1-41H. The second kappa shape index (κ2) is 15.8. The van der Waals surface area contributed by atoms with Crippen LogP contribution in [0.2, 0.25) is 0 Å². The first kappa shape index (κ1) is 37.3. The molecule has 0 amide bonds. The Morgan fingerprint density at radius 3 is 1.47 bits per heavy atom. The van der Waals surface area contributed by atoms with Gasteiger partial charge in [0.2, 0.25) is 0 Å². The lowest BCUT2D eigenvalue weighted by molar-refractivity contribution is 0.669. The molecule has 1 aromatic heterocycles. The number of hydrogen-bond acceptors (Lipinski definition) is 2. The van der Waals surface area contributed by atoms with Crippen LogP contribution in [0.15, 0.2) is 253 Å². The summed E-state index contributed by atoms with van der Waals surface area (Å²) < 4.78 is 6.17. The number of fused-ring (bicyclic) bond motifs is 6. The average Bonchev–Trinajstić information content (AvgIpc) is 3.75. The normalized spacial score (nSPS) is 11.4. The van der Waals surface area contributed by atoms with E-state index in [4.69, 9.17) is 4.42 Å². The molecule has 0 radical (unpaired) electrons. The summed E-state index contributed by atoms with van der Waals surface area (Å²) in [6.07, 6.45) is 0. The molecule has 2 heteroatoms. The molecular formula is C62H41NO. The topological polar surface area (TPSA) is 16.4 Å². The van der Waals surface area contributed by atoms with Gasteiger partial charge in [0.25, 0.3) is 0 Å². The van der Waals surface area contributed by atoms with Gasteiger partial charge in [-0.2, -0.15) is 0 Å². The van der Waals surface area contributed by atoms with Crippen molar-refractivity contribution in [1.29, 1.82) is 0 Å². The quantitative estimate of drug-likeness (QED) is 0.142. The van der Waals surface area contributed by atoms with E-state index in [0.29, 0.717) is 0 Å². The van der Waals surface area contributed by atoms with Gasteiger partial charge in [-0.05, 0) is 126 Å². The molecule has 0 aliphatic rings. The van der Waals surface area contributed by atoms with E-state index < -0.39 is 0 Å². The van der Waals surface area contributed by atoms with E-state index >= 15 is 0 Å². The maximum Gasteiger partial charge on any atom is 0.135 e. The number of para-hydroxylation sites is 2. The lowest BCUT2D eigenvalue weighted by Crippen LogP contribution is -2.11. The van der Waals surface area contributed by atoms with Gasteiger partial charge in [0.1, 0.15) is 11.2 Å². The van der Waals surface area contributed by atoms with Crippen molar-refractivity contribution in [2.75, 3.05) is 4.90 Å². The molecular weight excluding hydrogens is 775 g/mol. The van der Waals surface area contributed by atoms with Gasteiger partial charge in [-0.15, -0.1) is 0 Å². The SMILES string of the molecule is c1ccc(-c2ccccc2-c2ccccc2-c2ccccc2N(c2ccc(-c3ccc4oc5ccccc5c4c3)cc2)c2ccc(-c3cc4ccccc4c4ccccc34)cc2)cc1. The highest BCUT2D eigenvalue weighted by atomic mass is 16.3. The Morgan fingerprint density at radius 1 is 0.250 bits per heavy atom. The first-order chi connectivity index (χ1) is 31.7. The lowest BCUT2D eigenvalue weighted by Gasteiger charge is -2.29. The van der Waals surface area contributed by atoms with Crippen molar-refractivity contribution in [1.82, 2.24) is 0 Å². The maximum atomic E-state index is 6.17. The summed E-state index contributed by atoms with van der Waals surface area (Å²) in [6.45, 7) is 0. The van der Waals surface area contributed by atoms with Crippen LogP contribution in [0.25, 0.3) is 99.1 Å². The third-order valence-corrected chi connectivity index (χ3v) is 12.7. The third-order valence-electron chi connectivity index (χ3n) is 12.7. The fourth-order valence-corrected chi connectivity index (χ4v) is 9.66. The van der Waals surface area contributed by atoms with Crippen LogP contribution >= 0.6 is 0 Å². The summed E-state index contributed by atoms with van der Waals surface area (Å²) in [5.74, 6) is 0. The molecule has 64 heavy (non-hydrogen) atoms. The fraction of sp³-hybridized carbons (Fsp3) is 0. The van der Waals surface area contributed by atoms with E-state index in [0.717, 1.165) is 55.7 Å². The van der Waals surface area contributed by atoms with Gasteiger partial charge in [-0.1, -0.05) is 194 Å². The predicted octanol–water partition coefficient (Wildman–Crippen LogP) is 17.7. The molecule has 0 N–H and O–H groups in total. The summed E-state index contributed by atoms with van der Waals surface area (Å²) in [4.78, 5) is 2.41. The van der Waals surface area contributed by atoms with Gasteiger partial charge in [-0.3, -0.25) is 0 Å². The van der Waals surface area contributed by atoms with Crippen molar-refractivity contribution in [2.45, 2.75) is 0 Å². The lowest BCUT2D eigenvalue weighted by atomic mass is 9.88. The van der Waals surface area contributed by atoms with Crippen molar-refractivity contribution >= 4 is 60.5 Å². The minimum atomic E-state index is 0.899. The third kappa shape index (κ3) is 6.52. The Bertz CT molecular complexity index is 3660. The van der Waals surface area contributed by atoms with Gasteiger partial charge in [0, 0.05) is 27.7 Å². The van der Waals surface area contributed by atoms with Gasteiger partial charge >= 0.3 is 0 Å². The highest BCUT2D eigenvalue weighted by Crippen LogP contribution is 2.46. The van der Waals surface area contributed by atoms with Crippen molar-refractivity contribution in [2.24, 2.45) is 0 Å². The number of nitrogens with zero attached hydrogens (tertiary/aromatic N) is 1. The fourth-order valence-electron chi connectivity index (χ4n) is 9.66. The maximum absolute atomic E-state index is 6.17. The van der Waals surface area contributed by atoms with Crippen LogP contribution in [-0.2, 0) is 0 Å². The Morgan fingerprint density at radius 2 is 0.734 bits per heavy atom. The summed E-state index contributed by atoms with van der Waals surface area (Å²) in [5.41, 5.74) is 16.8. The molecule has 0 spiro atoms.